The smallest absolute Gasteiger partial charge is 0.227 e. The summed E-state index contributed by atoms with van der Waals surface area (Å²) < 4.78 is 5.11. The Bertz CT molecular complexity index is 22.8. The highest BCUT2D eigenvalue weighted by Crippen LogP contribution is 1.80. The van der Waals surface area contributed by atoms with Crippen molar-refractivity contribution in [2.75, 3.05) is 6.61 Å². The van der Waals surface area contributed by atoms with Gasteiger partial charge in [0.15, 0.2) is 0 Å². The van der Waals surface area contributed by atoms with E-state index >= 15 is 0 Å². The zero-order valence-electron chi connectivity index (χ0n) is 3.91. The molecular formula is C3H9IOSi. The molecule has 0 aliphatic carbocycles. The molecule has 0 aliphatic heterocycles. The second-order valence-electron chi connectivity index (χ2n) is 1.02. The van der Waals surface area contributed by atoms with Crippen molar-refractivity contribution in [3.63, 3.8) is 0 Å². The van der Waals surface area contributed by atoms with Crippen molar-refractivity contribution in [2.24, 2.45) is 0 Å². The van der Waals surface area contributed by atoms with E-state index in [9.17, 15) is 0 Å². The molecule has 0 aromatic rings. The van der Waals surface area contributed by atoms with Crippen LogP contribution in [0.4, 0.5) is 0 Å². The summed E-state index contributed by atoms with van der Waals surface area (Å²) in [5.41, 5.74) is 0. The first-order valence-electron chi connectivity index (χ1n) is 2.05. The summed E-state index contributed by atoms with van der Waals surface area (Å²) in [6, 6.07) is 0. The average Bonchev–Trinajstić information content (AvgIpc) is 1.61. The van der Waals surface area contributed by atoms with E-state index in [2.05, 4.69) is 28.7 Å². The lowest BCUT2D eigenvalue weighted by Crippen LogP contribution is -1.89. The van der Waals surface area contributed by atoms with Gasteiger partial charge in [0.1, 0.15) is 0 Å². The third-order valence-electron chi connectivity index (χ3n) is 0.426. The number of halogens is 1. The van der Waals surface area contributed by atoms with Crippen molar-refractivity contribution in [1.82, 2.24) is 0 Å². The molecule has 0 aliphatic rings. The van der Waals surface area contributed by atoms with Gasteiger partial charge in [0.05, 0.1) is 0 Å². The van der Waals surface area contributed by atoms with Gasteiger partial charge < -0.3 is 4.43 Å². The van der Waals surface area contributed by atoms with E-state index < -0.39 is 0 Å². The summed E-state index contributed by atoms with van der Waals surface area (Å²) in [5.74, 6) is 0. The van der Waals surface area contributed by atoms with E-state index in [1.807, 2.05) is 0 Å². The van der Waals surface area contributed by atoms with E-state index in [0.29, 0.717) is 0 Å². The Morgan fingerprint density at radius 3 is 2.67 bits per heavy atom. The van der Waals surface area contributed by atoms with Gasteiger partial charge in [-0.25, -0.2) is 0 Å². The summed E-state index contributed by atoms with van der Waals surface area (Å²) in [6.45, 7) is 3.09. The lowest BCUT2D eigenvalue weighted by molar-refractivity contribution is 0.347. The maximum absolute atomic E-state index is 5.11. The maximum atomic E-state index is 5.11. The van der Waals surface area contributed by atoms with Crippen LogP contribution in [-0.4, -0.2) is 13.9 Å². The van der Waals surface area contributed by atoms with Crippen molar-refractivity contribution in [3.05, 3.63) is 0 Å². The van der Waals surface area contributed by atoms with Crippen LogP contribution in [0.15, 0.2) is 0 Å². The lowest BCUT2D eigenvalue weighted by atomic mass is 10.5. The van der Waals surface area contributed by atoms with Gasteiger partial charge in [-0.1, -0.05) is 28.7 Å². The van der Waals surface area contributed by atoms with Crippen LogP contribution < -0.4 is 0 Å². The van der Waals surface area contributed by atoms with Gasteiger partial charge in [-0.15, -0.1) is 0 Å². The van der Waals surface area contributed by atoms with Crippen LogP contribution in [0.5, 0.6) is 0 Å². The molecule has 0 N–H and O–H groups in total. The minimum Gasteiger partial charge on any atom is -0.413 e. The van der Waals surface area contributed by atoms with E-state index in [0.717, 1.165) is 13.0 Å². The quantitative estimate of drug-likeness (QED) is 0.294. The fourth-order valence-electron chi connectivity index (χ4n) is 0.199. The van der Waals surface area contributed by atoms with Crippen LogP contribution in [-0.2, 0) is 4.43 Å². The second kappa shape index (κ2) is 5.91. The summed E-state index contributed by atoms with van der Waals surface area (Å²) in [7, 11) is -0.127. The Balaban J connectivity index is 2.34. The molecule has 38 valence electrons. The third kappa shape index (κ3) is 4.91. The normalized spacial score (nSPS) is 11.0. The Kier molecular flexibility index (Phi) is 6.80. The molecular weight excluding hydrogens is 207 g/mol. The van der Waals surface area contributed by atoms with E-state index in [-0.39, 0.29) is 7.26 Å². The van der Waals surface area contributed by atoms with Crippen LogP contribution in [0, 0.1) is 0 Å². The Hall–Kier alpha value is 0.907. The van der Waals surface area contributed by atoms with Crippen molar-refractivity contribution in [1.29, 1.82) is 0 Å². The van der Waals surface area contributed by atoms with Crippen LogP contribution in [0.3, 0.4) is 0 Å². The molecule has 0 unspecified atom stereocenters. The molecule has 6 heavy (non-hydrogen) atoms. The summed E-state index contributed by atoms with van der Waals surface area (Å²) in [4.78, 5) is 0. The third-order valence-corrected chi connectivity index (χ3v) is 2.19. The van der Waals surface area contributed by atoms with E-state index in [4.69, 9.17) is 4.43 Å². The largest absolute Gasteiger partial charge is 0.413 e. The first-order valence-corrected chi connectivity index (χ1v) is 7.74. The number of hydrogen-bond donors (Lipinski definition) is 0. The summed E-state index contributed by atoms with van der Waals surface area (Å²) >= 11 is 2.33. The molecule has 0 rings (SSSR count). The van der Waals surface area contributed by atoms with E-state index in [1.54, 1.807) is 0 Å². The average molecular weight is 216 g/mol. The van der Waals surface area contributed by atoms with Crippen molar-refractivity contribution in [3.8, 4) is 0 Å². The standard InChI is InChI=1S/C3H9IOSi/c1-2-3-5-6-4/h2-3,6H2,1H3. The molecule has 0 heterocycles. The molecule has 0 saturated carbocycles. The van der Waals surface area contributed by atoms with Crippen LogP contribution in [0.2, 0.25) is 0 Å². The molecule has 0 radical (unpaired) electrons. The fraction of sp³-hybridized carbons (Fsp3) is 1.00. The van der Waals surface area contributed by atoms with Crippen molar-refractivity contribution < 1.29 is 4.43 Å². The molecule has 0 saturated heterocycles. The highest BCUT2D eigenvalue weighted by molar-refractivity contribution is 14.1. The van der Waals surface area contributed by atoms with Gasteiger partial charge >= 0.3 is 0 Å². The highest BCUT2D eigenvalue weighted by Gasteiger charge is 1.74. The van der Waals surface area contributed by atoms with Gasteiger partial charge in [0.2, 0.25) is 7.26 Å². The SMILES string of the molecule is CCCO[SiH2]I. The molecule has 0 atom stereocenters. The molecule has 0 bridgehead atoms. The number of rotatable bonds is 3. The molecule has 1 nitrogen and oxygen atoms in total. The summed E-state index contributed by atoms with van der Waals surface area (Å²) in [6.07, 6.45) is 1.16. The van der Waals surface area contributed by atoms with Gasteiger partial charge in [-0.3, -0.25) is 0 Å². The molecule has 0 fully saturated rings. The minimum atomic E-state index is -0.127. The predicted molar refractivity (Wildman–Crippen MR) is 38.8 cm³/mol. The maximum Gasteiger partial charge on any atom is 0.227 e. The first kappa shape index (κ1) is 6.91. The zero-order chi connectivity index (χ0) is 4.83. The highest BCUT2D eigenvalue weighted by atomic mass is 127. The molecule has 0 aromatic heterocycles. The van der Waals surface area contributed by atoms with Gasteiger partial charge in [-0.2, -0.15) is 0 Å². The molecule has 0 aromatic carbocycles. The van der Waals surface area contributed by atoms with E-state index in [1.165, 1.54) is 0 Å². The van der Waals surface area contributed by atoms with Crippen LogP contribution in [0.25, 0.3) is 0 Å². The van der Waals surface area contributed by atoms with Gasteiger partial charge in [0, 0.05) is 6.61 Å². The minimum absolute atomic E-state index is 0.127. The molecule has 0 spiro atoms. The second-order valence-corrected chi connectivity index (χ2v) is 3.51. The topological polar surface area (TPSA) is 9.23 Å². The van der Waals surface area contributed by atoms with Crippen molar-refractivity contribution >= 4 is 29.1 Å². The lowest BCUT2D eigenvalue weighted by Gasteiger charge is -1.90. The Labute approximate surface area is 53.6 Å². The Morgan fingerprint density at radius 2 is 2.50 bits per heavy atom. The van der Waals surface area contributed by atoms with Crippen LogP contribution in [0.1, 0.15) is 13.3 Å². The molecule has 3 heteroatoms. The first-order chi connectivity index (χ1) is 2.91. The predicted octanol–water partition coefficient (Wildman–Crippen LogP) is 0.847. The van der Waals surface area contributed by atoms with Gasteiger partial charge in [0.25, 0.3) is 0 Å². The summed E-state index contributed by atoms with van der Waals surface area (Å²) in [5, 5.41) is 0. The Morgan fingerprint density at radius 1 is 1.83 bits per heavy atom. The van der Waals surface area contributed by atoms with Crippen molar-refractivity contribution in [2.45, 2.75) is 13.3 Å². The monoisotopic (exact) mass is 216 g/mol. The number of hydrogen-bond acceptors (Lipinski definition) is 1. The fourth-order valence-corrected chi connectivity index (χ4v) is 1.53. The van der Waals surface area contributed by atoms with Crippen LogP contribution >= 0.6 is 21.8 Å². The zero-order valence-corrected chi connectivity index (χ0v) is 7.48. The molecule has 0 amide bonds. The van der Waals surface area contributed by atoms with Gasteiger partial charge in [-0.05, 0) is 6.42 Å².